The maximum absolute atomic E-state index is 5.71. The molecule has 2 atom stereocenters. The van der Waals surface area contributed by atoms with Crippen LogP contribution in [0.25, 0.3) is 0 Å². The van der Waals surface area contributed by atoms with E-state index in [1.165, 1.54) is 19.2 Å². The number of nitrogens with two attached hydrogens (primary N) is 1. The van der Waals surface area contributed by atoms with Gasteiger partial charge in [-0.1, -0.05) is 5.16 Å². The van der Waals surface area contributed by atoms with Gasteiger partial charge in [-0.05, 0) is 32.2 Å². The van der Waals surface area contributed by atoms with Gasteiger partial charge in [0.1, 0.15) is 0 Å². The second kappa shape index (κ2) is 4.72. The van der Waals surface area contributed by atoms with Crippen molar-refractivity contribution in [2.45, 2.75) is 32.4 Å². The molecule has 2 N–H and O–H groups in total. The maximum Gasteiger partial charge on any atom is 0.213 e. The van der Waals surface area contributed by atoms with Crippen LogP contribution in [0.1, 0.15) is 25.6 Å². The zero-order valence-corrected chi connectivity index (χ0v) is 9.09. The van der Waals surface area contributed by atoms with E-state index >= 15 is 0 Å². The van der Waals surface area contributed by atoms with Gasteiger partial charge in [0.05, 0.1) is 6.54 Å². The Morgan fingerprint density at radius 2 is 2.47 bits per heavy atom. The fraction of sp³-hybridized carbons (Fsp3) is 0.800. The Morgan fingerprint density at radius 1 is 1.60 bits per heavy atom. The topological polar surface area (TPSA) is 68.2 Å². The molecule has 0 saturated carbocycles. The number of hydrogen-bond acceptors (Lipinski definition) is 5. The summed E-state index contributed by atoms with van der Waals surface area (Å²) < 4.78 is 4.73. The molecule has 1 saturated heterocycles. The average Bonchev–Trinajstić information content (AvgIpc) is 2.74. The summed E-state index contributed by atoms with van der Waals surface area (Å²) in [6.07, 6.45) is 3.82. The third-order valence-electron chi connectivity index (χ3n) is 3.19. The van der Waals surface area contributed by atoms with E-state index in [1.54, 1.807) is 0 Å². The van der Waals surface area contributed by atoms with Crippen molar-refractivity contribution in [3.63, 3.8) is 0 Å². The second-order valence-electron chi connectivity index (χ2n) is 4.30. The minimum Gasteiger partial charge on any atom is -0.343 e. The smallest absolute Gasteiger partial charge is 0.213 e. The molecular weight excluding hydrogens is 192 g/mol. The monoisotopic (exact) mass is 210 g/mol. The number of hydrogen-bond donors (Lipinski definition) is 1. The van der Waals surface area contributed by atoms with Gasteiger partial charge in [0.25, 0.3) is 0 Å². The van der Waals surface area contributed by atoms with Gasteiger partial charge in [-0.15, -0.1) is 0 Å². The summed E-state index contributed by atoms with van der Waals surface area (Å²) in [7, 11) is 0. The summed E-state index contributed by atoms with van der Waals surface area (Å²) >= 11 is 0. The lowest BCUT2D eigenvalue weighted by atomic mass is 9.93. The van der Waals surface area contributed by atoms with Crippen LogP contribution in [-0.2, 0) is 6.54 Å². The average molecular weight is 210 g/mol. The Labute approximate surface area is 89.6 Å². The first kappa shape index (κ1) is 10.6. The number of likely N-dealkylation sites (tertiary alicyclic amines) is 1. The van der Waals surface area contributed by atoms with Crippen molar-refractivity contribution in [2.75, 3.05) is 13.1 Å². The standard InChI is InChI=1S/C10H18N4O/c1-8-2-3-9(4-11)5-14(8)6-10-12-7-15-13-10/h7-9H,2-6,11H2,1H3. The Kier molecular flexibility index (Phi) is 3.33. The molecule has 0 aliphatic carbocycles. The van der Waals surface area contributed by atoms with Crippen LogP contribution in [0.5, 0.6) is 0 Å². The lowest BCUT2D eigenvalue weighted by molar-refractivity contribution is 0.109. The summed E-state index contributed by atoms with van der Waals surface area (Å²) in [5, 5.41) is 3.84. The first-order valence-electron chi connectivity index (χ1n) is 5.49. The van der Waals surface area contributed by atoms with Crippen LogP contribution in [0.3, 0.4) is 0 Å². The quantitative estimate of drug-likeness (QED) is 0.792. The van der Waals surface area contributed by atoms with Crippen molar-refractivity contribution in [3.05, 3.63) is 12.2 Å². The van der Waals surface area contributed by atoms with Crippen LogP contribution in [0.2, 0.25) is 0 Å². The molecule has 5 heteroatoms. The van der Waals surface area contributed by atoms with Crippen LogP contribution < -0.4 is 5.73 Å². The van der Waals surface area contributed by atoms with Gasteiger partial charge >= 0.3 is 0 Å². The van der Waals surface area contributed by atoms with Crippen molar-refractivity contribution in [1.82, 2.24) is 15.0 Å². The predicted molar refractivity (Wildman–Crippen MR) is 55.9 cm³/mol. The third kappa shape index (κ3) is 2.54. The zero-order chi connectivity index (χ0) is 10.7. The van der Waals surface area contributed by atoms with Crippen molar-refractivity contribution in [1.29, 1.82) is 0 Å². The van der Waals surface area contributed by atoms with Crippen molar-refractivity contribution < 1.29 is 4.52 Å². The van der Waals surface area contributed by atoms with Crippen LogP contribution in [0, 0.1) is 5.92 Å². The molecule has 1 aliphatic heterocycles. The van der Waals surface area contributed by atoms with Crippen LogP contribution >= 0.6 is 0 Å². The molecular formula is C10H18N4O. The summed E-state index contributed by atoms with van der Waals surface area (Å²) in [6.45, 7) is 4.84. The van der Waals surface area contributed by atoms with E-state index in [0.29, 0.717) is 12.0 Å². The van der Waals surface area contributed by atoms with E-state index in [0.717, 1.165) is 25.5 Å². The van der Waals surface area contributed by atoms with E-state index in [9.17, 15) is 0 Å². The summed E-state index contributed by atoms with van der Waals surface area (Å²) in [5.74, 6) is 1.38. The fourth-order valence-electron chi connectivity index (χ4n) is 2.12. The molecule has 0 bridgehead atoms. The second-order valence-corrected chi connectivity index (χ2v) is 4.30. The van der Waals surface area contributed by atoms with E-state index in [2.05, 4.69) is 22.0 Å². The minimum atomic E-state index is 0.589. The first-order chi connectivity index (χ1) is 7.29. The van der Waals surface area contributed by atoms with E-state index in [1.807, 2.05) is 0 Å². The van der Waals surface area contributed by atoms with Gasteiger partial charge < -0.3 is 10.3 Å². The largest absolute Gasteiger partial charge is 0.343 e. The molecule has 1 fully saturated rings. The lowest BCUT2D eigenvalue weighted by Crippen LogP contribution is -2.43. The van der Waals surface area contributed by atoms with Gasteiger partial charge in [0.2, 0.25) is 6.39 Å². The molecule has 5 nitrogen and oxygen atoms in total. The molecule has 1 aromatic heterocycles. The predicted octanol–water partition coefficient (Wildman–Crippen LogP) is 0.629. The number of piperidine rings is 1. The highest BCUT2D eigenvalue weighted by molar-refractivity contribution is 4.85. The molecule has 2 unspecified atom stereocenters. The molecule has 0 aromatic carbocycles. The number of nitrogens with zero attached hydrogens (tertiary/aromatic N) is 3. The normalized spacial score (nSPS) is 28.1. The van der Waals surface area contributed by atoms with Gasteiger partial charge in [-0.2, -0.15) is 4.98 Å². The maximum atomic E-state index is 5.71. The summed E-state index contributed by atoms with van der Waals surface area (Å²) in [6, 6.07) is 0.589. The Bertz CT molecular complexity index is 288. The molecule has 1 aliphatic rings. The van der Waals surface area contributed by atoms with Crippen LogP contribution in [-0.4, -0.2) is 34.2 Å². The summed E-state index contributed by atoms with van der Waals surface area (Å²) in [5.41, 5.74) is 5.71. The van der Waals surface area contributed by atoms with Crippen molar-refractivity contribution in [3.8, 4) is 0 Å². The molecule has 2 heterocycles. The van der Waals surface area contributed by atoms with E-state index < -0.39 is 0 Å². The SMILES string of the molecule is CC1CCC(CN)CN1Cc1ncon1. The Morgan fingerprint density at radius 3 is 3.13 bits per heavy atom. The first-order valence-corrected chi connectivity index (χ1v) is 5.49. The molecule has 0 radical (unpaired) electrons. The highest BCUT2D eigenvalue weighted by Crippen LogP contribution is 2.22. The minimum absolute atomic E-state index is 0.589. The highest BCUT2D eigenvalue weighted by Gasteiger charge is 2.25. The number of aromatic nitrogens is 2. The van der Waals surface area contributed by atoms with Crippen LogP contribution in [0.15, 0.2) is 10.9 Å². The summed E-state index contributed by atoms with van der Waals surface area (Å²) in [4.78, 5) is 6.43. The van der Waals surface area contributed by atoms with Crippen molar-refractivity contribution in [2.24, 2.45) is 11.7 Å². The van der Waals surface area contributed by atoms with E-state index in [4.69, 9.17) is 10.3 Å². The van der Waals surface area contributed by atoms with Gasteiger partial charge in [0, 0.05) is 12.6 Å². The van der Waals surface area contributed by atoms with Gasteiger partial charge in [0.15, 0.2) is 5.82 Å². The van der Waals surface area contributed by atoms with E-state index in [-0.39, 0.29) is 0 Å². The van der Waals surface area contributed by atoms with Crippen LogP contribution in [0.4, 0.5) is 0 Å². The Balaban J connectivity index is 1.94. The molecule has 15 heavy (non-hydrogen) atoms. The zero-order valence-electron chi connectivity index (χ0n) is 9.09. The lowest BCUT2D eigenvalue weighted by Gasteiger charge is -2.36. The number of rotatable bonds is 3. The third-order valence-corrected chi connectivity index (χ3v) is 3.19. The van der Waals surface area contributed by atoms with Crippen molar-refractivity contribution >= 4 is 0 Å². The molecule has 2 rings (SSSR count). The van der Waals surface area contributed by atoms with Gasteiger partial charge in [-0.25, -0.2) is 0 Å². The highest BCUT2D eigenvalue weighted by atomic mass is 16.5. The van der Waals surface area contributed by atoms with Gasteiger partial charge in [-0.3, -0.25) is 4.90 Å². The fourth-order valence-corrected chi connectivity index (χ4v) is 2.12. The molecule has 0 amide bonds. The molecule has 1 aromatic rings. The Hall–Kier alpha value is -0.940. The molecule has 84 valence electrons. The molecule has 0 spiro atoms.